The third-order valence-corrected chi connectivity index (χ3v) is 4.42. The zero-order valence-corrected chi connectivity index (χ0v) is 13.9. The van der Waals surface area contributed by atoms with Gasteiger partial charge in [0.1, 0.15) is 0 Å². The third kappa shape index (κ3) is 7.00. The zero-order chi connectivity index (χ0) is 16.1. The van der Waals surface area contributed by atoms with E-state index >= 15 is 0 Å². The van der Waals surface area contributed by atoms with Crippen molar-refractivity contribution in [2.75, 3.05) is 26.2 Å². The summed E-state index contributed by atoms with van der Waals surface area (Å²) in [7, 11) is 0. The second-order valence-corrected chi connectivity index (χ2v) is 7.18. The van der Waals surface area contributed by atoms with Gasteiger partial charge in [-0.3, -0.25) is 4.90 Å². The van der Waals surface area contributed by atoms with Crippen molar-refractivity contribution in [1.29, 1.82) is 0 Å². The summed E-state index contributed by atoms with van der Waals surface area (Å²) in [6.45, 7) is 9.65. The highest BCUT2D eigenvalue weighted by molar-refractivity contribution is 4.90. The lowest BCUT2D eigenvalue weighted by molar-refractivity contribution is -0.148. The fourth-order valence-electron chi connectivity index (χ4n) is 3.60. The molecular formula is C16H31F3N2. The maximum atomic E-state index is 12.7. The molecule has 5 heteroatoms. The van der Waals surface area contributed by atoms with Gasteiger partial charge >= 0.3 is 6.18 Å². The number of nitrogens with one attached hydrogen (secondary N) is 1. The van der Waals surface area contributed by atoms with E-state index in [4.69, 9.17) is 0 Å². The molecule has 0 aliphatic heterocycles. The fraction of sp³-hybridized carbons (Fsp3) is 1.00. The van der Waals surface area contributed by atoms with E-state index in [1.165, 1.54) is 0 Å². The molecule has 1 fully saturated rings. The molecule has 0 saturated heterocycles. The van der Waals surface area contributed by atoms with Crippen LogP contribution in [0.5, 0.6) is 0 Å². The van der Waals surface area contributed by atoms with E-state index < -0.39 is 12.7 Å². The van der Waals surface area contributed by atoms with Gasteiger partial charge in [0.25, 0.3) is 0 Å². The molecule has 0 heterocycles. The molecule has 0 amide bonds. The molecule has 1 aliphatic rings. The Balaban J connectivity index is 2.71. The molecule has 126 valence electrons. The Morgan fingerprint density at radius 3 is 2.43 bits per heavy atom. The summed E-state index contributed by atoms with van der Waals surface area (Å²) >= 11 is 0. The lowest BCUT2D eigenvalue weighted by atomic mass is 9.69. The first-order valence-corrected chi connectivity index (χ1v) is 8.19. The van der Waals surface area contributed by atoms with Crippen molar-refractivity contribution in [2.24, 2.45) is 11.3 Å². The summed E-state index contributed by atoms with van der Waals surface area (Å²) in [5.74, 6) is 0.308. The van der Waals surface area contributed by atoms with Gasteiger partial charge in [0, 0.05) is 12.6 Å². The quantitative estimate of drug-likeness (QED) is 0.763. The summed E-state index contributed by atoms with van der Waals surface area (Å²) in [6.07, 6.45) is -0.125. The van der Waals surface area contributed by atoms with Crippen molar-refractivity contribution in [3.8, 4) is 0 Å². The minimum Gasteiger partial charge on any atom is -0.314 e. The van der Waals surface area contributed by atoms with Gasteiger partial charge in [-0.1, -0.05) is 27.7 Å². The van der Waals surface area contributed by atoms with Crippen LogP contribution >= 0.6 is 0 Å². The lowest BCUT2D eigenvalue weighted by Crippen LogP contribution is -2.49. The maximum Gasteiger partial charge on any atom is 0.401 e. The van der Waals surface area contributed by atoms with E-state index in [-0.39, 0.29) is 5.41 Å². The monoisotopic (exact) mass is 308 g/mol. The van der Waals surface area contributed by atoms with Crippen LogP contribution in [0.15, 0.2) is 0 Å². The van der Waals surface area contributed by atoms with Crippen LogP contribution in [0.25, 0.3) is 0 Å². The first-order valence-electron chi connectivity index (χ1n) is 8.19. The average molecular weight is 308 g/mol. The fourth-order valence-corrected chi connectivity index (χ4v) is 3.60. The maximum absolute atomic E-state index is 12.7. The van der Waals surface area contributed by atoms with E-state index in [0.29, 0.717) is 25.0 Å². The van der Waals surface area contributed by atoms with Gasteiger partial charge in [-0.25, -0.2) is 0 Å². The molecule has 2 unspecified atom stereocenters. The summed E-state index contributed by atoms with van der Waals surface area (Å²) in [4.78, 5) is 1.59. The topological polar surface area (TPSA) is 15.3 Å². The normalized spacial score (nSPS) is 26.3. The third-order valence-electron chi connectivity index (χ3n) is 4.42. The van der Waals surface area contributed by atoms with Crippen LogP contribution < -0.4 is 5.32 Å². The molecule has 2 atom stereocenters. The van der Waals surface area contributed by atoms with Crippen LogP contribution in [0, 0.1) is 11.3 Å². The molecule has 2 nitrogen and oxygen atoms in total. The summed E-state index contributed by atoms with van der Waals surface area (Å²) in [5.41, 5.74) is 0.243. The van der Waals surface area contributed by atoms with Crippen molar-refractivity contribution >= 4 is 0 Å². The second-order valence-electron chi connectivity index (χ2n) is 7.18. The molecule has 0 spiro atoms. The smallest absolute Gasteiger partial charge is 0.314 e. The Morgan fingerprint density at radius 1 is 1.24 bits per heavy atom. The molecule has 1 N–H and O–H groups in total. The van der Waals surface area contributed by atoms with Crippen molar-refractivity contribution < 1.29 is 13.2 Å². The number of nitrogens with zero attached hydrogens (tertiary/aromatic N) is 1. The zero-order valence-electron chi connectivity index (χ0n) is 13.9. The highest BCUT2D eigenvalue weighted by Crippen LogP contribution is 2.39. The standard InChI is InChI=1S/C16H31F3N2/c1-5-9-21(12-16(17,18)19)11-13-10-15(3,4)8-7-14(13)20-6-2/h13-14,20H,5-12H2,1-4H3. The van der Waals surface area contributed by atoms with Crippen molar-refractivity contribution in [1.82, 2.24) is 10.2 Å². The Hall–Kier alpha value is -0.290. The Kier molecular flexibility index (Phi) is 6.98. The van der Waals surface area contributed by atoms with Crippen LogP contribution in [0.2, 0.25) is 0 Å². The minimum atomic E-state index is -4.10. The average Bonchev–Trinajstić information content (AvgIpc) is 2.30. The Labute approximate surface area is 127 Å². The van der Waals surface area contributed by atoms with E-state index in [0.717, 1.165) is 32.2 Å². The van der Waals surface area contributed by atoms with Gasteiger partial charge < -0.3 is 5.32 Å². The molecule has 1 rings (SSSR count). The van der Waals surface area contributed by atoms with Crippen LogP contribution in [0.1, 0.15) is 53.4 Å². The van der Waals surface area contributed by atoms with Crippen LogP contribution in [0.4, 0.5) is 13.2 Å². The molecule has 21 heavy (non-hydrogen) atoms. The second kappa shape index (κ2) is 7.82. The minimum absolute atomic E-state index is 0.243. The first kappa shape index (κ1) is 18.8. The SMILES string of the molecule is CCCN(CC1CC(C)(C)CCC1NCC)CC(F)(F)F. The molecular weight excluding hydrogens is 277 g/mol. The highest BCUT2D eigenvalue weighted by atomic mass is 19.4. The largest absolute Gasteiger partial charge is 0.401 e. The lowest BCUT2D eigenvalue weighted by Gasteiger charge is -2.43. The van der Waals surface area contributed by atoms with E-state index in [1.807, 2.05) is 6.92 Å². The van der Waals surface area contributed by atoms with Crippen molar-refractivity contribution in [3.05, 3.63) is 0 Å². The first-order chi connectivity index (χ1) is 9.67. The van der Waals surface area contributed by atoms with Gasteiger partial charge in [-0.15, -0.1) is 0 Å². The molecule has 1 aliphatic carbocycles. The van der Waals surface area contributed by atoms with Crippen molar-refractivity contribution in [2.45, 2.75) is 65.6 Å². The van der Waals surface area contributed by atoms with Crippen LogP contribution in [-0.2, 0) is 0 Å². The summed E-state index contributed by atoms with van der Waals surface area (Å²) in [5, 5.41) is 3.47. The van der Waals surface area contributed by atoms with Crippen LogP contribution in [-0.4, -0.2) is 43.3 Å². The van der Waals surface area contributed by atoms with E-state index in [2.05, 4.69) is 26.1 Å². The van der Waals surface area contributed by atoms with E-state index in [9.17, 15) is 13.2 Å². The highest BCUT2D eigenvalue weighted by Gasteiger charge is 2.37. The molecule has 0 aromatic carbocycles. The molecule has 0 aromatic heterocycles. The van der Waals surface area contributed by atoms with Gasteiger partial charge in [-0.2, -0.15) is 13.2 Å². The van der Waals surface area contributed by atoms with Gasteiger partial charge in [0.15, 0.2) is 0 Å². The molecule has 0 radical (unpaired) electrons. The predicted octanol–water partition coefficient (Wildman–Crippen LogP) is 4.07. The number of hydrogen-bond donors (Lipinski definition) is 1. The molecule has 0 aromatic rings. The van der Waals surface area contributed by atoms with Gasteiger partial charge in [0.2, 0.25) is 0 Å². The van der Waals surface area contributed by atoms with Crippen LogP contribution in [0.3, 0.4) is 0 Å². The number of alkyl halides is 3. The Morgan fingerprint density at radius 2 is 1.90 bits per heavy atom. The molecule has 1 saturated carbocycles. The molecule has 0 bridgehead atoms. The van der Waals surface area contributed by atoms with Gasteiger partial charge in [-0.05, 0) is 50.1 Å². The Bertz CT molecular complexity index is 302. The number of hydrogen-bond acceptors (Lipinski definition) is 2. The van der Waals surface area contributed by atoms with Gasteiger partial charge in [0.05, 0.1) is 6.54 Å². The summed E-state index contributed by atoms with van der Waals surface area (Å²) < 4.78 is 38.2. The van der Waals surface area contributed by atoms with Crippen molar-refractivity contribution in [3.63, 3.8) is 0 Å². The number of rotatable bonds is 7. The van der Waals surface area contributed by atoms with E-state index in [1.54, 1.807) is 4.90 Å². The summed E-state index contributed by atoms with van der Waals surface area (Å²) in [6, 6.07) is 0.357. The number of halogens is 3. The predicted molar refractivity (Wildman–Crippen MR) is 81.4 cm³/mol.